The van der Waals surface area contributed by atoms with E-state index in [4.69, 9.17) is 0 Å². The molecule has 78 valence electrons. The molecule has 0 unspecified atom stereocenters. The van der Waals surface area contributed by atoms with E-state index in [0.29, 0.717) is 0 Å². The molecule has 0 aliphatic rings. The van der Waals surface area contributed by atoms with Crippen molar-refractivity contribution in [1.29, 1.82) is 0 Å². The maximum atomic E-state index is 2.36. The number of rotatable bonds is 6. The standard InChI is InChI=1S/C14H22/c1-3-4-6-9-13(2)12-14-10-7-5-8-11-14/h5,7-8,10-11,13H,3-4,6,9,12H2,1-2H3/t13-/m0/s1. The van der Waals surface area contributed by atoms with Crippen molar-refractivity contribution in [2.24, 2.45) is 5.92 Å². The molecule has 0 amide bonds. The second-order valence-electron chi connectivity index (χ2n) is 4.29. The molecule has 0 spiro atoms. The van der Waals surface area contributed by atoms with Gasteiger partial charge in [0.05, 0.1) is 0 Å². The largest absolute Gasteiger partial charge is 0.0654 e. The number of unbranched alkanes of at least 4 members (excludes halogenated alkanes) is 2. The zero-order valence-electron chi connectivity index (χ0n) is 9.50. The fourth-order valence-electron chi connectivity index (χ4n) is 1.86. The van der Waals surface area contributed by atoms with Crippen LogP contribution in [-0.2, 0) is 6.42 Å². The minimum atomic E-state index is 0.837. The molecule has 0 saturated carbocycles. The van der Waals surface area contributed by atoms with Crippen molar-refractivity contribution in [2.45, 2.75) is 46.0 Å². The van der Waals surface area contributed by atoms with E-state index in [1.807, 2.05) is 0 Å². The second kappa shape index (κ2) is 6.64. The minimum Gasteiger partial charge on any atom is -0.0654 e. The highest BCUT2D eigenvalue weighted by atomic mass is 14.1. The van der Waals surface area contributed by atoms with Crippen molar-refractivity contribution in [3.63, 3.8) is 0 Å². The maximum absolute atomic E-state index is 2.36. The molecule has 0 N–H and O–H groups in total. The Morgan fingerprint density at radius 2 is 1.79 bits per heavy atom. The molecule has 0 fully saturated rings. The summed E-state index contributed by atoms with van der Waals surface area (Å²) < 4.78 is 0. The van der Waals surface area contributed by atoms with Crippen LogP contribution in [0, 0.1) is 5.92 Å². The SMILES string of the molecule is CCCCC[C@H](C)Cc1ccccc1. The molecule has 0 aromatic heterocycles. The lowest BCUT2D eigenvalue weighted by atomic mass is 9.96. The van der Waals surface area contributed by atoms with E-state index in [1.54, 1.807) is 0 Å². The van der Waals surface area contributed by atoms with Gasteiger partial charge in [-0.2, -0.15) is 0 Å². The van der Waals surface area contributed by atoms with Gasteiger partial charge in [0, 0.05) is 0 Å². The predicted octanol–water partition coefficient (Wildman–Crippen LogP) is 4.45. The van der Waals surface area contributed by atoms with Crippen molar-refractivity contribution < 1.29 is 0 Å². The van der Waals surface area contributed by atoms with Crippen LogP contribution in [0.2, 0.25) is 0 Å². The van der Waals surface area contributed by atoms with Gasteiger partial charge in [0.2, 0.25) is 0 Å². The van der Waals surface area contributed by atoms with Gasteiger partial charge in [0.1, 0.15) is 0 Å². The van der Waals surface area contributed by atoms with Crippen molar-refractivity contribution in [1.82, 2.24) is 0 Å². The first-order valence-corrected chi connectivity index (χ1v) is 5.87. The molecule has 1 aromatic carbocycles. The van der Waals surface area contributed by atoms with Crippen molar-refractivity contribution in [3.05, 3.63) is 35.9 Å². The summed E-state index contributed by atoms with van der Waals surface area (Å²) in [5, 5.41) is 0. The molecular formula is C14H22. The molecule has 0 nitrogen and oxygen atoms in total. The summed E-state index contributed by atoms with van der Waals surface area (Å²) in [4.78, 5) is 0. The van der Waals surface area contributed by atoms with Crippen LogP contribution in [0.1, 0.15) is 45.1 Å². The first-order valence-electron chi connectivity index (χ1n) is 5.87. The van der Waals surface area contributed by atoms with Gasteiger partial charge in [0.15, 0.2) is 0 Å². The lowest BCUT2D eigenvalue weighted by molar-refractivity contribution is 0.493. The summed E-state index contributed by atoms with van der Waals surface area (Å²) in [6, 6.07) is 10.8. The van der Waals surface area contributed by atoms with E-state index in [2.05, 4.69) is 44.2 Å². The molecule has 0 aliphatic carbocycles. The lowest BCUT2D eigenvalue weighted by Crippen LogP contribution is -1.99. The molecule has 0 bridgehead atoms. The average Bonchev–Trinajstić information content (AvgIpc) is 2.20. The van der Waals surface area contributed by atoms with Gasteiger partial charge >= 0.3 is 0 Å². The molecule has 1 aromatic rings. The van der Waals surface area contributed by atoms with Crippen LogP contribution in [0.3, 0.4) is 0 Å². The molecule has 0 aliphatic heterocycles. The lowest BCUT2D eigenvalue weighted by Gasteiger charge is -2.10. The Hall–Kier alpha value is -0.780. The van der Waals surface area contributed by atoms with Crippen molar-refractivity contribution in [2.75, 3.05) is 0 Å². The summed E-state index contributed by atoms with van der Waals surface area (Å²) in [5.41, 5.74) is 1.48. The molecular weight excluding hydrogens is 168 g/mol. The van der Waals surface area contributed by atoms with E-state index in [0.717, 1.165) is 5.92 Å². The van der Waals surface area contributed by atoms with Gasteiger partial charge < -0.3 is 0 Å². The Kier molecular flexibility index (Phi) is 5.36. The normalized spacial score (nSPS) is 12.7. The van der Waals surface area contributed by atoms with Gasteiger partial charge in [-0.05, 0) is 17.9 Å². The number of hydrogen-bond acceptors (Lipinski definition) is 0. The zero-order valence-corrected chi connectivity index (χ0v) is 9.50. The summed E-state index contributed by atoms with van der Waals surface area (Å²) in [6.07, 6.45) is 6.73. The highest BCUT2D eigenvalue weighted by molar-refractivity contribution is 5.14. The zero-order chi connectivity index (χ0) is 10.2. The molecule has 1 atom stereocenters. The number of hydrogen-bond donors (Lipinski definition) is 0. The van der Waals surface area contributed by atoms with Crippen LogP contribution in [0.15, 0.2) is 30.3 Å². The van der Waals surface area contributed by atoms with Crippen LogP contribution < -0.4 is 0 Å². The van der Waals surface area contributed by atoms with Gasteiger partial charge in [-0.15, -0.1) is 0 Å². The Morgan fingerprint density at radius 1 is 1.07 bits per heavy atom. The van der Waals surface area contributed by atoms with E-state index >= 15 is 0 Å². The first-order chi connectivity index (χ1) is 6.83. The van der Waals surface area contributed by atoms with Gasteiger partial charge in [-0.25, -0.2) is 0 Å². The molecule has 14 heavy (non-hydrogen) atoms. The minimum absolute atomic E-state index is 0.837. The maximum Gasteiger partial charge on any atom is -0.0253 e. The van der Waals surface area contributed by atoms with Crippen LogP contribution in [0.25, 0.3) is 0 Å². The van der Waals surface area contributed by atoms with E-state index in [-0.39, 0.29) is 0 Å². The third-order valence-electron chi connectivity index (χ3n) is 2.73. The van der Waals surface area contributed by atoms with Crippen LogP contribution in [-0.4, -0.2) is 0 Å². The Morgan fingerprint density at radius 3 is 2.43 bits per heavy atom. The summed E-state index contributed by atoms with van der Waals surface area (Å²) >= 11 is 0. The number of benzene rings is 1. The Bertz CT molecular complexity index is 225. The molecule has 0 heterocycles. The van der Waals surface area contributed by atoms with E-state index in [1.165, 1.54) is 37.7 Å². The van der Waals surface area contributed by atoms with Crippen LogP contribution >= 0.6 is 0 Å². The Balaban J connectivity index is 2.23. The first kappa shape index (κ1) is 11.3. The molecule has 0 heteroatoms. The third kappa shape index (κ3) is 4.45. The van der Waals surface area contributed by atoms with E-state index < -0.39 is 0 Å². The monoisotopic (exact) mass is 190 g/mol. The van der Waals surface area contributed by atoms with Crippen LogP contribution in [0.4, 0.5) is 0 Å². The fourth-order valence-corrected chi connectivity index (χ4v) is 1.86. The third-order valence-corrected chi connectivity index (χ3v) is 2.73. The summed E-state index contributed by atoms with van der Waals surface area (Å²) in [7, 11) is 0. The van der Waals surface area contributed by atoms with Crippen molar-refractivity contribution in [3.8, 4) is 0 Å². The van der Waals surface area contributed by atoms with E-state index in [9.17, 15) is 0 Å². The summed E-state index contributed by atoms with van der Waals surface area (Å²) in [6.45, 7) is 4.63. The Labute approximate surface area is 88.4 Å². The quantitative estimate of drug-likeness (QED) is 0.581. The predicted molar refractivity (Wildman–Crippen MR) is 63.5 cm³/mol. The second-order valence-corrected chi connectivity index (χ2v) is 4.29. The topological polar surface area (TPSA) is 0 Å². The smallest absolute Gasteiger partial charge is 0.0253 e. The van der Waals surface area contributed by atoms with Crippen LogP contribution in [0.5, 0.6) is 0 Å². The fraction of sp³-hybridized carbons (Fsp3) is 0.571. The molecule has 0 radical (unpaired) electrons. The molecule has 1 rings (SSSR count). The van der Waals surface area contributed by atoms with Gasteiger partial charge in [-0.1, -0.05) is 69.9 Å². The average molecular weight is 190 g/mol. The van der Waals surface area contributed by atoms with Gasteiger partial charge in [0.25, 0.3) is 0 Å². The van der Waals surface area contributed by atoms with Crippen molar-refractivity contribution >= 4 is 0 Å². The summed E-state index contributed by atoms with van der Waals surface area (Å²) in [5.74, 6) is 0.837. The highest BCUT2D eigenvalue weighted by Gasteiger charge is 2.02. The van der Waals surface area contributed by atoms with Gasteiger partial charge in [-0.3, -0.25) is 0 Å². The highest BCUT2D eigenvalue weighted by Crippen LogP contribution is 2.14. The molecule has 0 saturated heterocycles.